The Bertz CT molecular complexity index is 558. The summed E-state index contributed by atoms with van der Waals surface area (Å²) < 4.78 is 5.87. The maximum Gasteiger partial charge on any atom is 0.194 e. The molecule has 3 heteroatoms. The van der Waals surface area contributed by atoms with Crippen molar-refractivity contribution in [1.29, 1.82) is 0 Å². The first-order valence-electron chi connectivity index (χ1n) is 7.32. The summed E-state index contributed by atoms with van der Waals surface area (Å²) in [5.41, 5.74) is 3.61. The van der Waals surface area contributed by atoms with E-state index < -0.39 is 0 Å². The smallest absolute Gasteiger partial charge is 0.194 e. The summed E-state index contributed by atoms with van der Waals surface area (Å²) in [7, 11) is 0. The molecule has 0 radical (unpaired) electrons. The SMILES string of the molecule is Cc1ccc(C)c(-c2cnc(CCCNC(C)C)o2)c1. The molecule has 0 atom stereocenters. The molecule has 2 aromatic rings. The molecule has 0 aliphatic carbocycles. The van der Waals surface area contributed by atoms with Gasteiger partial charge in [-0.05, 0) is 38.4 Å². The molecule has 3 nitrogen and oxygen atoms in total. The summed E-state index contributed by atoms with van der Waals surface area (Å²) in [6.07, 6.45) is 3.77. The Morgan fingerprint density at radius 1 is 1.25 bits per heavy atom. The van der Waals surface area contributed by atoms with Gasteiger partial charge < -0.3 is 9.73 Å². The highest BCUT2D eigenvalue weighted by molar-refractivity contribution is 5.62. The number of hydrogen-bond acceptors (Lipinski definition) is 3. The van der Waals surface area contributed by atoms with Gasteiger partial charge in [0.05, 0.1) is 6.20 Å². The molecule has 0 aliphatic rings. The monoisotopic (exact) mass is 272 g/mol. The number of nitrogens with one attached hydrogen (secondary N) is 1. The number of nitrogens with zero attached hydrogens (tertiary/aromatic N) is 1. The zero-order chi connectivity index (χ0) is 14.5. The summed E-state index contributed by atoms with van der Waals surface area (Å²) in [6.45, 7) is 9.51. The fourth-order valence-corrected chi connectivity index (χ4v) is 2.18. The molecular weight excluding hydrogens is 248 g/mol. The van der Waals surface area contributed by atoms with Gasteiger partial charge in [0.15, 0.2) is 11.7 Å². The van der Waals surface area contributed by atoms with E-state index in [1.54, 1.807) is 0 Å². The normalized spacial score (nSPS) is 11.2. The molecule has 0 saturated carbocycles. The second-order valence-electron chi connectivity index (χ2n) is 5.65. The van der Waals surface area contributed by atoms with Crippen LogP contribution in [0.5, 0.6) is 0 Å². The third kappa shape index (κ3) is 3.94. The van der Waals surface area contributed by atoms with Gasteiger partial charge in [0.2, 0.25) is 0 Å². The average Bonchev–Trinajstić information content (AvgIpc) is 2.86. The first-order valence-corrected chi connectivity index (χ1v) is 7.32. The second kappa shape index (κ2) is 6.71. The lowest BCUT2D eigenvalue weighted by Crippen LogP contribution is -2.23. The Hall–Kier alpha value is -1.61. The summed E-state index contributed by atoms with van der Waals surface area (Å²) in [5.74, 6) is 1.70. The first-order chi connectivity index (χ1) is 9.56. The Morgan fingerprint density at radius 2 is 2.05 bits per heavy atom. The third-order valence-corrected chi connectivity index (χ3v) is 3.33. The molecule has 108 valence electrons. The molecular formula is C17H24N2O. The molecule has 1 aromatic carbocycles. The van der Waals surface area contributed by atoms with E-state index in [0.29, 0.717) is 6.04 Å². The first kappa shape index (κ1) is 14.8. The number of rotatable bonds is 6. The zero-order valence-corrected chi connectivity index (χ0v) is 12.9. The van der Waals surface area contributed by atoms with E-state index in [0.717, 1.165) is 36.6 Å². The Labute approximate surface area is 121 Å². The van der Waals surface area contributed by atoms with E-state index >= 15 is 0 Å². The van der Waals surface area contributed by atoms with Crippen LogP contribution in [0.25, 0.3) is 11.3 Å². The van der Waals surface area contributed by atoms with E-state index in [-0.39, 0.29) is 0 Å². The van der Waals surface area contributed by atoms with E-state index in [1.807, 2.05) is 6.20 Å². The molecule has 0 aliphatic heterocycles. The van der Waals surface area contributed by atoms with Crippen molar-refractivity contribution in [3.05, 3.63) is 41.4 Å². The average molecular weight is 272 g/mol. The van der Waals surface area contributed by atoms with E-state index in [9.17, 15) is 0 Å². The van der Waals surface area contributed by atoms with Crippen molar-refractivity contribution in [3.63, 3.8) is 0 Å². The molecule has 20 heavy (non-hydrogen) atoms. The lowest BCUT2D eigenvalue weighted by Gasteiger charge is -2.06. The molecule has 0 unspecified atom stereocenters. The van der Waals surface area contributed by atoms with Crippen LogP contribution in [0.3, 0.4) is 0 Å². The van der Waals surface area contributed by atoms with Crippen LogP contribution in [0.2, 0.25) is 0 Å². The molecule has 0 spiro atoms. The second-order valence-corrected chi connectivity index (χ2v) is 5.65. The minimum absolute atomic E-state index is 0.532. The summed E-state index contributed by atoms with van der Waals surface area (Å²) in [5, 5.41) is 3.40. The van der Waals surface area contributed by atoms with Gasteiger partial charge in [-0.2, -0.15) is 0 Å². The van der Waals surface area contributed by atoms with Crippen molar-refractivity contribution < 1.29 is 4.42 Å². The predicted octanol–water partition coefficient (Wildman–Crippen LogP) is 3.89. The number of oxazole rings is 1. The number of hydrogen-bond donors (Lipinski definition) is 1. The van der Waals surface area contributed by atoms with Crippen LogP contribution >= 0.6 is 0 Å². The van der Waals surface area contributed by atoms with Crippen LogP contribution in [-0.4, -0.2) is 17.6 Å². The molecule has 2 rings (SSSR count). The van der Waals surface area contributed by atoms with Crippen LogP contribution in [-0.2, 0) is 6.42 Å². The van der Waals surface area contributed by atoms with Crippen LogP contribution in [0.4, 0.5) is 0 Å². The van der Waals surface area contributed by atoms with Crippen LogP contribution in [0.15, 0.2) is 28.8 Å². The topological polar surface area (TPSA) is 38.1 Å². The molecule has 0 saturated heterocycles. The Morgan fingerprint density at radius 3 is 2.80 bits per heavy atom. The molecule has 0 amide bonds. The summed E-state index contributed by atoms with van der Waals surface area (Å²) >= 11 is 0. The highest BCUT2D eigenvalue weighted by atomic mass is 16.4. The predicted molar refractivity (Wildman–Crippen MR) is 82.9 cm³/mol. The number of aromatic nitrogens is 1. The van der Waals surface area contributed by atoms with Gasteiger partial charge in [0, 0.05) is 18.0 Å². The fourth-order valence-electron chi connectivity index (χ4n) is 2.18. The maximum absolute atomic E-state index is 5.87. The quantitative estimate of drug-likeness (QED) is 0.811. The largest absolute Gasteiger partial charge is 0.441 e. The Kier molecular flexibility index (Phi) is 4.96. The highest BCUT2D eigenvalue weighted by Gasteiger charge is 2.09. The van der Waals surface area contributed by atoms with Gasteiger partial charge in [-0.25, -0.2) is 4.98 Å². The van der Waals surface area contributed by atoms with Gasteiger partial charge in [-0.1, -0.05) is 31.5 Å². The standard InChI is InChI=1S/C17H24N2O/c1-12(2)18-9-5-6-17-19-11-16(20-17)15-10-13(3)7-8-14(15)4/h7-8,10-12,18H,5-6,9H2,1-4H3. The van der Waals surface area contributed by atoms with Crippen molar-refractivity contribution in [1.82, 2.24) is 10.3 Å². The van der Waals surface area contributed by atoms with Gasteiger partial charge >= 0.3 is 0 Å². The van der Waals surface area contributed by atoms with Gasteiger partial charge in [-0.3, -0.25) is 0 Å². The minimum atomic E-state index is 0.532. The van der Waals surface area contributed by atoms with Crippen LogP contribution in [0, 0.1) is 13.8 Å². The zero-order valence-electron chi connectivity index (χ0n) is 12.9. The van der Waals surface area contributed by atoms with Crippen molar-refractivity contribution in [2.45, 2.75) is 46.6 Å². The third-order valence-electron chi connectivity index (χ3n) is 3.33. The van der Waals surface area contributed by atoms with Crippen molar-refractivity contribution in [3.8, 4) is 11.3 Å². The summed E-state index contributed by atoms with van der Waals surface area (Å²) in [6, 6.07) is 6.93. The Balaban J connectivity index is 2.00. The lowest BCUT2D eigenvalue weighted by molar-refractivity contribution is 0.484. The van der Waals surface area contributed by atoms with Crippen molar-refractivity contribution in [2.75, 3.05) is 6.54 Å². The minimum Gasteiger partial charge on any atom is -0.441 e. The highest BCUT2D eigenvalue weighted by Crippen LogP contribution is 2.25. The maximum atomic E-state index is 5.87. The summed E-state index contributed by atoms with van der Waals surface area (Å²) in [4.78, 5) is 4.39. The number of benzene rings is 1. The van der Waals surface area contributed by atoms with Crippen LogP contribution in [0.1, 0.15) is 37.3 Å². The molecule has 1 N–H and O–H groups in total. The van der Waals surface area contributed by atoms with Gasteiger partial charge in [-0.15, -0.1) is 0 Å². The van der Waals surface area contributed by atoms with E-state index in [1.165, 1.54) is 11.1 Å². The molecule has 0 fully saturated rings. The fraction of sp³-hybridized carbons (Fsp3) is 0.471. The van der Waals surface area contributed by atoms with Crippen LogP contribution < -0.4 is 5.32 Å². The van der Waals surface area contributed by atoms with Gasteiger partial charge in [0.25, 0.3) is 0 Å². The number of aryl methyl sites for hydroxylation is 3. The molecule has 0 bridgehead atoms. The van der Waals surface area contributed by atoms with E-state index in [4.69, 9.17) is 4.42 Å². The molecule has 1 aromatic heterocycles. The van der Waals surface area contributed by atoms with Crippen molar-refractivity contribution >= 4 is 0 Å². The van der Waals surface area contributed by atoms with E-state index in [2.05, 4.69) is 56.2 Å². The van der Waals surface area contributed by atoms with Crippen molar-refractivity contribution in [2.24, 2.45) is 0 Å². The molecule has 1 heterocycles. The lowest BCUT2D eigenvalue weighted by atomic mass is 10.0. The van der Waals surface area contributed by atoms with Gasteiger partial charge in [0.1, 0.15) is 0 Å².